The molecule has 0 fully saturated rings. The molecule has 0 spiro atoms. The van der Waals surface area contributed by atoms with Gasteiger partial charge < -0.3 is 5.32 Å². The standard InChI is InChI=1S/C20H15ClN2O5S/c1-13-10-11-14(21)12-16(13)22-20(24)15-6-2-4-8-18(15)29(27,28)19-9-5-3-7-17(19)23(25)26/h2-12H,1H3,(H,22,24). The molecule has 9 heteroatoms. The molecule has 0 aliphatic carbocycles. The van der Waals surface area contributed by atoms with E-state index in [2.05, 4.69) is 5.32 Å². The second kappa shape index (κ2) is 8.02. The topological polar surface area (TPSA) is 106 Å². The van der Waals surface area contributed by atoms with Gasteiger partial charge in [-0.05, 0) is 42.8 Å². The van der Waals surface area contributed by atoms with E-state index in [9.17, 15) is 23.3 Å². The average molecular weight is 431 g/mol. The van der Waals surface area contributed by atoms with E-state index in [0.717, 1.165) is 17.7 Å². The zero-order valence-corrected chi connectivity index (χ0v) is 16.7. The minimum atomic E-state index is -4.33. The summed E-state index contributed by atoms with van der Waals surface area (Å²) >= 11 is 5.97. The summed E-state index contributed by atoms with van der Waals surface area (Å²) in [6.45, 7) is 1.77. The smallest absolute Gasteiger partial charge is 0.288 e. The maximum atomic E-state index is 13.2. The molecule has 7 nitrogen and oxygen atoms in total. The number of hydrogen-bond acceptors (Lipinski definition) is 5. The number of anilines is 1. The highest BCUT2D eigenvalue weighted by Crippen LogP contribution is 2.31. The van der Waals surface area contributed by atoms with Crippen molar-refractivity contribution in [3.05, 3.63) is 93.0 Å². The Kier molecular flexibility index (Phi) is 5.67. The number of halogens is 1. The zero-order valence-electron chi connectivity index (χ0n) is 15.1. The molecule has 3 rings (SSSR count). The maximum absolute atomic E-state index is 13.2. The van der Waals surface area contributed by atoms with Gasteiger partial charge in [0.1, 0.15) is 4.90 Å². The number of sulfone groups is 1. The van der Waals surface area contributed by atoms with E-state index in [1.165, 1.54) is 36.4 Å². The summed E-state index contributed by atoms with van der Waals surface area (Å²) in [5, 5.41) is 14.3. The van der Waals surface area contributed by atoms with Crippen molar-refractivity contribution in [1.29, 1.82) is 0 Å². The molecular formula is C20H15ClN2O5S. The molecule has 0 saturated carbocycles. The van der Waals surface area contributed by atoms with Crippen molar-refractivity contribution in [2.45, 2.75) is 16.7 Å². The summed E-state index contributed by atoms with van der Waals surface area (Å²) in [5.41, 5.74) is 0.473. The Morgan fingerprint density at radius 3 is 2.31 bits per heavy atom. The van der Waals surface area contributed by atoms with E-state index in [-0.39, 0.29) is 10.5 Å². The maximum Gasteiger partial charge on any atom is 0.288 e. The largest absolute Gasteiger partial charge is 0.322 e. The van der Waals surface area contributed by atoms with Gasteiger partial charge in [0.15, 0.2) is 0 Å². The van der Waals surface area contributed by atoms with Gasteiger partial charge in [0, 0.05) is 16.8 Å². The Hall–Kier alpha value is -3.23. The van der Waals surface area contributed by atoms with E-state index in [0.29, 0.717) is 10.7 Å². The predicted octanol–water partition coefficient (Wildman–Crippen LogP) is 4.64. The van der Waals surface area contributed by atoms with Crippen LogP contribution < -0.4 is 5.32 Å². The van der Waals surface area contributed by atoms with E-state index in [1.54, 1.807) is 25.1 Å². The summed E-state index contributed by atoms with van der Waals surface area (Å²) in [7, 11) is -4.33. The Bertz CT molecular complexity index is 1230. The van der Waals surface area contributed by atoms with Crippen LogP contribution in [-0.2, 0) is 9.84 Å². The van der Waals surface area contributed by atoms with Gasteiger partial charge in [-0.2, -0.15) is 0 Å². The number of nitrogens with one attached hydrogen (secondary N) is 1. The van der Waals surface area contributed by atoms with Crippen LogP contribution in [0.5, 0.6) is 0 Å². The van der Waals surface area contributed by atoms with Crippen LogP contribution in [0.4, 0.5) is 11.4 Å². The Labute approximate surface area is 172 Å². The normalized spacial score (nSPS) is 11.1. The Balaban J connectivity index is 2.09. The van der Waals surface area contributed by atoms with Crippen LogP contribution >= 0.6 is 11.6 Å². The number of aryl methyl sites for hydroxylation is 1. The number of nitro groups is 1. The molecular weight excluding hydrogens is 416 g/mol. The predicted molar refractivity (Wildman–Crippen MR) is 109 cm³/mol. The van der Waals surface area contributed by atoms with E-state index in [4.69, 9.17) is 11.6 Å². The van der Waals surface area contributed by atoms with Crippen LogP contribution in [0, 0.1) is 17.0 Å². The van der Waals surface area contributed by atoms with Crippen molar-refractivity contribution in [2.24, 2.45) is 0 Å². The minimum Gasteiger partial charge on any atom is -0.322 e. The number of hydrogen-bond donors (Lipinski definition) is 1. The molecule has 3 aromatic rings. The minimum absolute atomic E-state index is 0.134. The lowest BCUT2D eigenvalue weighted by atomic mass is 10.1. The summed E-state index contributed by atoms with van der Waals surface area (Å²) in [4.78, 5) is 22.5. The lowest BCUT2D eigenvalue weighted by Gasteiger charge is -2.13. The van der Waals surface area contributed by atoms with Crippen LogP contribution in [0.15, 0.2) is 76.5 Å². The van der Waals surface area contributed by atoms with Crippen molar-refractivity contribution in [2.75, 3.05) is 5.32 Å². The third-order valence-corrected chi connectivity index (χ3v) is 6.31. The first-order chi connectivity index (χ1) is 13.7. The molecule has 0 unspecified atom stereocenters. The molecule has 0 radical (unpaired) electrons. The van der Waals surface area contributed by atoms with Gasteiger partial charge in [-0.25, -0.2) is 8.42 Å². The molecule has 29 heavy (non-hydrogen) atoms. The third-order valence-electron chi connectivity index (χ3n) is 4.22. The van der Waals surface area contributed by atoms with E-state index >= 15 is 0 Å². The number of para-hydroxylation sites is 1. The fourth-order valence-electron chi connectivity index (χ4n) is 2.76. The van der Waals surface area contributed by atoms with Gasteiger partial charge in [0.2, 0.25) is 9.84 Å². The number of nitro benzene ring substituents is 1. The molecule has 3 aromatic carbocycles. The summed E-state index contributed by atoms with van der Waals surface area (Å²) < 4.78 is 26.3. The van der Waals surface area contributed by atoms with Crippen LogP contribution in [-0.4, -0.2) is 19.2 Å². The van der Waals surface area contributed by atoms with E-state index < -0.39 is 31.3 Å². The molecule has 0 bridgehead atoms. The SMILES string of the molecule is Cc1ccc(Cl)cc1NC(=O)c1ccccc1S(=O)(=O)c1ccccc1[N+](=O)[O-]. The molecule has 0 aliphatic heterocycles. The van der Waals surface area contributed by atoms with Crippen molar-refractivity contribution < 1.29 is 18.1 Å². The highest BCUT2D eigenvalue weighted by atomic mass is 35.5. The molecule has 0 saturated heterocycles. The van der Waals surface area contributed by atoms with Crippen molar-refractivity contribution in [1.82, 2.24) is 0 Å². The number of carbonyl (C=O) groups excluding carboxylic acids is 1. The first-order valence-electron chi connectivity index (χ1n) is 8.37. The summed E-state index contributed by atoms with van der Waals surface area (Å²) in [6, 6.07) is 15.5. The van der Waals surface area contributed by atoms with Crippen molar-refractivity contribution in [3.8, 4) is 0 Å². The van der Waals surface area contributed by atoms with Crippen LogP contribution in [0.3, 0.4) is 0 Å². The second-order valence-corrected chi connectivity index (χ2v) is 8.46. The number of rotatable bonds is 5. The average Bonchev–Trinajstić information content (AvgIpc) is 2.70. The number of nitrogens with zero attached hydrogens (tertiary/aromatic N) is 1. The fourth-order valence-corrected chi connectivity index (χ4v) is 4.55. The molecule has 0 atom stereocenters. The molecule has 148 valence electrons. The molecule has 1 amide bonds. The quantitative estimate of drug-likeness (QED) is 0.468. The van der Waals surface area contributed by atoms with Gasteiger partial charge in [0.25, 0.3) is 11.6 Å². The zero-order chi connectivity index (χ0) is 21.2. The number of amides is 1. The molecule has 0 aliphatic rings. The highest BCUT2D eigenvalue weighted by molar-refractivity contribution is 7.91. The lowest BCUT2D eigenvalue weighted by Crippen LogP contribution is -2.17. The van der Waals surface area contributed by atoms with Crippen molar-refractivity contribution in [3.63, 3.8) is 0 Å². The second-order valence-electron chi connectivity index (χ2n) is 6.14. The molecule has 1 N–H and O–H groups in total. The van der Waals surface area contributed by atoms with Crippen LogP contribution in [0.1, 0.15) is 15.9 Å². The first kappa shape index (κ1) is 20.5. The number of benzene rings is 3. The van der Waals surface area contributed by atoms with Gasteiger partial charge in [-0.1, -0.05) is 41.9 Å². The Morgan fingerprint density at radius 1 is 1.00 bits per heavy atom. The monoisotopic (exact) mass is 430 g/mol. The van der Waals surface area contributed by atoms with Crippen LogP contribution in [0.2, 0.25) is 5.02 Å². The summed E-state index contributed by atoms with van der Waals surface area (Å²) in [5.74, 6) is -0.673. The Morgan fingerprint density at radius 2 is 1.62 bits per heavy atom. The van der Waals surface area contributed by atoms with E-state index in [1.807, 2.05) is 0 Å². The van der Waals surface area contributed by atoms with Gasteiger partial charge in [-0.3, -0.25) is 14.9 Å². The molecule has 0 aromatic heterocycles. The highest BCUT2D eigenvalue weighted by Gasteiger charge is 2.30. The fraction of sp³-hybridized carbons (Fsp3) is 0.0500. The summed E-state index contributed by atoms with van der Waals surface area (Å²) in [6.07, 6.45) is 0. The van der Waals surface area contributed by atoms with Gasteiger partial charge in [-0.15, -0.1) is 0 Å². The van der Waals surface area contributed by atoms with Crippen LogP contribution in [0.25, 0.3) is 0 Å². The first-order valence-corrected chi connectivity index (χ1v) is 10.2. The van der Waals surface area contributed by atoms with Gasteiger partial charge in [0.05, 0.1) is 15.4 Å². The number of carbonyl (C=O) groups is 1. The third kappa shape index (κ3) is 4.13. The van der Waals surface area contributed by atoms with Crippen molar-refractivity contribution >= 4 is 38.7 Å². The molecule has 0 heterocycles. The van der Waals surface area contributed by atoms with Gasteiger partial charge >= 0.3 is 0 Å². The lowest BCUT2D eigenvalue weighted by molar-refractivity contribution is -0.387.